The lowest BCUT2D eigenvalue weighted by molar-refractivity contribution is -0.148. The van der Waals surface area contributed by atoms with Crippen molar-refractivity contribution in [2.24, 2.45) is 0 Å². The highest BCUT2D eigenvalue weighted by Gasteiger charge is 2.18. The van der Waals surface area contributed by atoms with Crippen LogP contribution in [0.2, 0.25) is 15.1 Å². The number of nitrogens with one attached hydrogen (secondary N) is 1. The van der Waals surface area contributed by atoms with Crippen LogP contribution in [0.3, 0.4) is 0 Å². The van der Waals surface area contributed by atoms with Gasteiger partial charge in [-0.05, 0) is 37.6 Å². The fourth-order valence-electron chi connectivity index (χ4n) is 1.96. The Morgan fingerprint density at radius 3 is 2.31 bits per heavy atom. The summed E-state index contributed by atoms with van der Waals surface area (Å²) in [7, 11) is 0. The first-order chi connectivity index (χ1) is 12.3. The molecule has 1 N–H and O–H groups in total. The molecule has 0 aliphatic carbocycles. The number of benzene rings is 2. The smallest absolute Gasteiger partial charge is 0.331 e. The number of hydrogen-bond acceptors (Lipinski definition) is 3. The third-order valence-electron chi connectivity index (χ3n) is 3.42. The van der Waals surface area contributed by atoms with Crippen LogP contribution in [0.1, 0.15) is 18.1 Å². The molecule has 0 aliphatic heterocycles. The number of rotatable bonds is 5. The zero-order chi connectivity index (χ0) is 19.3. The van der Waals surface area contributed by atoms with Crippen LogP contribution in [0.5, 0.6) is 0 Å². The van der Waals surface area contributed by atoms with Gasteiger partial charge in [0.15, 0.2) is 6.10 Å². The van der Waals surface area contributed by atoms with E-state index in [1.165, 1.54) is 25.1 Å². The first-order valence-electron chi connectivity index (χ1n) is 7.67. The lowest BCUT2D eigenvalue weighted by Gasteiger charge is -2.13. The minimum atomic E-state index is -1.02. The second-order valence-electron chi connectivity index (χ2n) is 5.56. The van der Waals surface area contributed by atoms with E-state index in [4.69, 9.17) is 39.5 Å². The summed E-state index contributed by atoms with van der Waals surface area (Å²) in [4.78, 5) is 24.0. The van der Waals surface area contributed by atoms with Crippen LogP contribution in [0.4, 0.5) is 5.69 Å². The van der Waals surface area contributed by atoms with Crippen LogP contribution in [-0.2, 0) is 14.3 Å². The topological polar surface area (TPSA) is 55.4 Å². The number of amides is 1. The quantitative estimate of drug-likeness (QED) is 0.398. The largest absolute Gasteiger partial charge is 0.449 e. The maximum atomic E-state index is 12.2. The van der Waals surface area contributed by atoms with Gasteiger partial charge in [-0.3, -0.25) is 4.79 Å². The normalized spacial score (nSPS) is 12.0. The summed E-state index contributed by atoms with van der Waals surface area (Å²) in [6.07, 6.45) is 1.86. The van der Waals surface area contributed by atoms with Gasteiger partial charge in [0.2, 0.25) is 0 Å². The number of anilines is 1. The van der Waals surface area contributed by atoms with Gasteiger partial charge in [-0.1, -0.05) is 64.6 Å². The number of carbonyl (C=O) groups is 2. The van der Waals surface area contributed by atoms with E-state index in [1.807, 2.05) is 31.2 Å². The van der Waals surface area contributed by atoms with Crippen LogP contribution < -0.4 is 5.32 Å². The lowest BCUT2D eigenvalue weighted by atomic mass is 10.1. The van der Waals surface area contributed by atoms with E-state index in [9.17, 15) is 9.59 Å². The highest BCUT2D eigenvalue weighted by Crippen LogP contribution is 2.32. The fraction of sp³-hybridized carbons (Fsp3) is 0.158. The zero-order valence-corrected chi connectivity index (χ0v) is 16.3. The molecule has 4 nitrogen and oxygen atoms in total. The highest BCUT2D eigenvalue weighted by molar-refractivity contribution is 6.44. The molecule has 1 atom stereocenters. The number of hydrogen-bond donors (Lipinski definition) is 1. The van der Waals surface area contributed by atoms with Crippen LogP contribution >= 0.6 is 34.8 Å². The summed E-state index contributed by atoms with van der Waals surface area (Å²) in [5.41, 5.74) is 2.26. The van der Waals surface area contributed by atoms with Crippen molar-refractivity contribution in [3.05, 3.63) is 68.7 Å². The molecule has 136 valence electrons. The summed E-state index contributed by atoms with van der Waals surface area (Å²) in [6, 6.07) is 10.5. The third kappa shape index (κ3) is 5.77. The maximum absolute atomic E-state index is 12.2. The number of halogens is 3. The molecule has 0 spiro atoms. The molecule has 2 rings (SSSR count). The molecule has 0 radical (unpaired) electrons. The minimum absolute atomic E-state index is 0.227. The molecule has 0 aliphatic rings. The number of aryl methyl sites for hydroxylation is 1. The van der Waals surface area contributed by atoms with Gasteiger partial charge in [-0.25, -0.2) is 4.79 Å². The Morgan fingerprint density at radius 1 is 1.04 bits per heavy atom. The van der Waals surface area contributed by atoms with Gasteiger partial charge in [-0.15, -0.1) is 0 Å². The average Bonchev–Trinajstić information content (AvgIpc) is 2.59. The Bertz CT molecular complexity index is 848. The Kier molecular flexibility index (Phi) is 7.09. The van der Waals surface area contributed by atoms with Crippen molar-refractivity contribution in [3.8, 4) is 0 Å². The van der Waals surface area contributed by atoms with E-state index < -0.39 is 18.0 Å². The van der Waals surface area contributed by atoms with Crippen molar-refractivity contribution in [3.63, 3.8) is 0 Å². The molecule has 2 aromatic carbocycles. The second-order valence-corrected chi connectivity index (χ2v) is 6.78. The van der Waals surface area contributed by atoms with Crippen molar-refractivity contribution in [2.45, 2.75) is 20.0 Å². The second kappa shape index (κ2) is 9.08. The van der Waals surface area contributed by atoms with Gasteiger partial charge < -0.3 is 10.1 Å². The molecule has 7 heteroatoms. The lowest BCUT2D eigenvalue weighted by Crippen LogP contribution is -2.29. The van der Waals surface area contributed by atoms with Crippen molar-refractivity contribution in [1.29, 1.82) is 0 Å². The molecule has 0 unspecified atom stereocenters. The molecule has 0 saturated carbocycles. The molecule has 0 heterocycles. The van der Waals surface area contributed by atoms with Gasteiger partial charge in [-0.2, -0.15) is 0 Å². The van der Waals surface area contributed by atoms with Crippen LogP contribution in [0.15, 0.2) is 42.5 Å². The van der Waals surface area contributed by atoms with Gasteiger partial charge >= 0.3 is 5.97 Å². The number of ether oxygens (including phenoxy) is 1. The van der Waals surface area contributed by atoms with Crippen molar-refractivity contribution in [2.75, 3.05) is 5.32 Å². The van der Waals surface area contributed by atoms with E-state index in [2.05, 4.69) is 5.32 Å². The molecule has 1 amide bonds. The zero-order valence-electron chi connectivity index (χ0n) is 14.1. The molecule has 0 fully saturated rings. The van der Waals surface area contributed by atoms with E-state index in [0.717, 1.165) is 11.1 Å². The standard InChI is InChI=1S/C19H16Cl3NO3/c1-11-3-5-13(6-4-11)7-8-18(24)26-12(2)19(25)23-17-10-15(21)14(20)9-16(17)22/h3-10,12H,1-2H3,(H,23,25)/b8-7+/t12-/m0/s1. The monoisotopic (exact) mass is 411 g/mol. The summed E-state index contributed by atoms with van der Waals surface area (Å²) in [5.74, 6) is -1.17. The Labute approximate surface area is 166 Å². The van der Waals surface area contributed by atoms with Crippen LogP contribution in [0, 0.1) is 6.92 Å². The molecule has 0 aromatic heterocycles. The van der Waals surface area contributed by atoms with Crippen LogP contribution in [-0.4, -0.2) is 18.0 Å². The first-order valence-corrected chi connectivity index (χ1v) is 8.80. The predicted octanol–water partition coefficient (Wildman–Crippen LogP) is 5.54. The van der Waals surface area contributed by atoms with Crippen molar-refractivity contribution in [1.82, 2.24) is 0 Å². The van der Waals surface area contributed by atoms with E-state index >= 15 is 0 Å². The predicted molar refractivity (Wildman–Crippen MR) is 106 cm³/mol. The number of carbonyl (C=O) groups excluding carboxylic acids is 2. The molecule has 2 aromatic rings. The van der Waals surface area contributed by atoms with Gasteiger partial charge in [0.05, 0.1) is 20.8 Å². The summed E-state index contributed by atoms with van der Waals surface area (Å²) >= 11 is 17.8. The number of esters is 1. The average molecular weight is 413 g/mol. The SMILES string of the molecule is Cc1ccc(/C=C/C(=O)O[C@@H](C)C(=O)Nc2cc(Cl)c(Cl)cc2Cl)cc1. The minimum Gasteiger partial charge on any atom is -0.449 e. The van der Waals surface area contributed by atoms with E-state index in [0.29, 0.717) is 0 Å². The van der Waals surface area contributed by atoms with E-state index in [1.54, 1.807) is 6.08 Å². The third-order valence-corrected chi connectivity index (χ3v) is 4.45. The Balaban J connectivity index is 1.95. The summed E-state index contributed by atoms with van der Waals surface area (Å²) < 4.78 is 5.08. The van der Waals surface area contributed by atoms with Crippen LogP contribution in [0.25, 0.3) is 6.08 Å². The van der Waals surface area contributed by atoms with Crippen molar-refractivity contribution >= 4 is 58.4 Å². The van der Waals surface area contributed by atoms with Crippen molar-refractivity contribution < 1.29 is 14.3 Å². The fourth-order valence-corrected chi connectivity index (χ4v) is 2.56. The maximum Gasteiger partial charge on any atom is 0.331 e. The summed E-state index contributed by atoms with van der Waals surface area (Å²) in [6.45, 7) is 3.43. The first kappa shape index (κ1) is 20.3. The Hall–Kier alpha value is -2.01. The van der Waals surface area contributed by atoms with Gasteiger partial charge in [0, 0.05) is 6.08 Å². The van der Waals surface area contributed by atoms with Gasteiger partial charge in [0.25, 0.3) is 5.91 Å². The molecular weight excluding hydrogens is 397 g/mol. The molecule has 0 bridgehead atoms. The van der Waals surface area contributed by atoms with Gasteiger partial charge in [0.1, 0.15) is 0 Å². The molecule has 26 heavy (non-hydrogen) atoms. The molecule has 0 saturated heterocycles. The summed E-state index contributed by atoms with van der Waals surface area (Å²) in [5, 5.41) is 3.30. The molecular formula is C19H16Cl3NO3. The highest BCUT2D eigenvalue weighted by atomic mass is 35.5. The Morgan fingerprint density at radius 2 is 1.65 bits per heavy atom. The van der Waals surface area contributed by atoms with E-state index in [-0.39, 0.29) is 20.8 Å².